The molecule has 0 saturated heterocycles. The van der Waals surface area contributed by atoms with Gasteiger partial charge in [0.2, 0.25) is 0 Å². The molecule has 17 heavy (non-hydrogen) atoms. The minimum absolute atomic E-state index is 0.638. The molecule has 0 saturated carbocycles. The zero-order valence-corrected chi connectivity index (χ0v) is 13.4. The van der Waals surface area contributed by atoms with Crippen LogP contribution in [-0.2, 0) is 0 Å². The van der Waals surface area contributed by atoms with Gasteiger partial charge in [-0.3, -0.25) is 0 Å². The monoisotopic (exact) mass is 236 g/mol. The maximum absolute atomic E-state index is 2.26. The summed E-state index contributed by atoms with van der Waals surface area (Å²) in [4.78, 5) is 0. The molecule has 0 N–H and O–H groups in total. The van der Waals surface area contributed by atoms with Crippen LogP contribution in [0.15, 0.2) is 18.2 Å². The van der Waals surface area contributed by atoms with Crippen LogP contribution in [0.4, 0.5) is 0 Å². The molecule has 0 aromatic heterocycles. The average Bonchev–Trinajstić information content (AvgIpc) is 2.33. The van der Waals surface area contributed by atoms with E-state index >= 15 is 0 Å². The van der Waals surface area contributed by atoms with Gasteiger partial charge < -0.3 is 0 Å². The van der Waals surface area contributed by atoms with E-state index in [4.69, 9.17) is 0 Å². The summed E-state index contributed by atoms with van der Waals surface area (Å²) in [5.41, 5.74) is 4.46. The molecule has 1 rings (SSSR count). The predicted octanol–water partition coefficient (Wildman–Crippen LogP) is 6.29. The molecular weight excluding hydrogens is 204 g/mol. The van der Waals surface area contributed by atoms with Crippen LogP contribution in [0, 0.1) is 6.92 Å². The maximum Gasteiger partial charge on any atom is -0.0216 e. The lowest BCUT2D eigenvalue weighted by Gasteiger charge is -2.16. The molecule has 0 bridgehead atoms. The highest BCUT2D eigenvalue weighted by atomic mass is 14.1. The first-order chi connectivity index (χ1) is 8.04. The molecule has 0 aliphatic heterocycles. The Bertz CT molecular complexity index is 256. The molecule has 100 valence electrons. The summed E-state index contributed by atoms with van der Waals surface area (Å²) < 4.78 is 0. The van der Waals surface area contributed by atoms with Crippen molar-refractivity contribution in [2.75, 3.05) is 0 Å². The summed E-state index contributed by atoms with van der Waals surface area (Å²) in [6.07, 6.45) is 0. The van der Waals surface area contributed by atoms with Gasteiger partial charge in [-0.25, -0.2) is 0 Å². The zero-order valence-electron chi connectivity index (χ0n) is 13.4. The van der Waals surface area contributed by atoms with E-state index in [-0.39, 0.29) is 0 Å². The molecule has 0 heterocycles. The summed E-state index contributed by atoms with van der Waals surface area (Å²) in [6, 6.07) is 6.66. The van der Waals surface area contributed by atoms with Crippen LogP contribution in [0.1, 0.15) is 83.9 Å². The minimum atomic E-state index is 0.638. The molecule has 0 nitrogen and oxygen atoms in total. The van der Waals surface area contributed by atoms with Crippen molar-refractivity contribution in [3.8, 4) is 0 Å². The number of benzene rings is 1. The number of rotatable bonds is 2. The normalized spacial score (nSPS) is 9.35. The van der Waals surface area contributed by atoms with E-state index in [0.717, 1.165) is 0 Å². The van der Waals surface area contributed by atoms with E-state index in [9.17, 15) is 0 Å². The fraction of sp³-hybridized carbons (Fsp3) is 0.647. The van der Waals surface area contributed by atoms with Crippen molar-refractivity contribution in [1.29, 1.82) is 0 Å². The fourth-order valence-corrected chi connectivity index (χ4v) is 1.92. The van der Waals surface area contributed by atoms with Gasteiger partial charge in [-0.15, -0.1) is 0 Å². The summed E-state index contributed by atoms with van der Waals surface area (Å²) >= 11 is 0. The van der Waals surface area contributed by atoms with E-state index in [1.807, 2.05) is 27.7 Å². The molecule has 1 aromatic rings. The molecule has 0 heteroatoms. The van der Waals surface area contributed by atoms with Crippen molar-refractivity contribution >= 4 is 0 Å². The molecule has 0 atom stereocenters. The SMILES string of the molecule is CC.CC.Cc1c(C(C)C)cccc1C(C)C. The molecule has 0 aliphatic rings. The largest absolute Gasteiger partial charge is 0.0683 e. The van der Waals surface area contributed by atoms with Gasteiger partial charge in [0.15, 0.2) is 0 Å². The van der Waals surface area contributed by atoms with E-state index in [0.29, 0.717) is 11.8 Å². The molecule has 0 aliphatic carbocycles. The third kappa shape index (κ3) is 5.91. The second-order valence-electron chi connectivity index (χ2n) is 4.37. The van der Waals surface area contributed by atoms with Crippen LogP contribution in [0.25, 0.3) is 0 Å². The molecule has 0 fully saturated rings. The van der Waals surface area contributed by atoms with Crippen molar-refractivity contribution < 1.29 is 0 Å². The molecule has 0 unspecified atom stereocenters. The zero-order chi connectivity index (χ0) is 14.0. The first-order valence-electron chi connectivity index (χ1n) is 7.13. The second kappa shape index (κ2) is 10.4. The van der Waals surface area contributed by atoms with Crippen LogP contribution in [0.3, 0.4) is 0 Å². The van der Waals surface area contributed by atoms with Gasteiger partial charge in [0.05, 0.1) is 0 Å². The van der Waals surface area contributed by atoms with Crippen LogP contribution in [-0.4, -0.2) is 0 Å². The van der Waals surface area contributed by atoms with Gasteiger partial charge in [-0.05, 0) is 35.4 Å². The standard InChI is InChI=1S/C13H20.2C2H6/c1-9(2)12-7-6-8-13(10(3)4)11(12)5;2*1-2/h6-10H,1-5H3;2*1-2H3. The third-order valence-corrected chi connectivity index (χ3v) is 2.66. The molecule has 0 spiro atoms. The Hall–Kier alpha value is -0.780. The minimum Gasteiger partial charge on any atom is -0.0683 e. The Morgan fingerprint density at radius 2 is 1.00 bits per heavy atom. The van der Waals surface area contributed by atoms with Gasteiger partial charge in [0, 0.05) is 0 Å². The van der Waals surface area contributed by atoms with E-state index < -0.39 is 0 Å². The fourth-order valence-electron chi connectivity index (χ4n) is 1.92. The predicted molar refractivity (Wildman–Crippen MR) is 82.1 cm³/mol. The number of hydrogen-bond acceptors (Lipinski definition) is 0. The highest BCUT2D eigenvalue weighted by Gasteiger charge is 2.08. The first kappa shape index (κ1) is 18.6. The Labute approximate surface area is 109 Å². The van der Waals surface area contributed by atoms with E-state index in [2.05, 4.69) is 52.8 Å². The maximum atomic E-state index is 2.26. The summed E-state index contributed by atoms with van der Waals surface area (Å²) in [6.45, 7) is 19.3. The summed E-state index contributed by atoms with van der Waals surface area (Å²) in [5.74, 6) is 1.28. The van der Waals surface area contributed by atoms with Gasteiger partial charge in [-0.2, -0.15) is 0 Å². The van der Waals surface area contributed by atoms with E-state index in [1.165, 1.54) is 16.7 Å². The Balaban J connectivity index is 0. The number of hydrogen-bond donors (Lipinski definition) is 0. The van der Waals surface area contributed by atoms with Crippen molar-refractivity contribution in [2.24, 2.45) is 0 Å². The first-order valence-corrected chi connectivity index (χ1v) is 7.13. The van der Waals surface area contributed by atoms with Gasteiger partial charge >= 0.3 is 0 Å². The smallest absolute Gasteiger partial charge is 0.0216 e. The van der Waals surface area contributed by atoms with Crippen molar-refractivity contribution in [1.82, 2.24) is 0 Å². The van der Waals surface area contributed by atoms with E-state index in [1.54, 1.807) is 0 Å². The topological polar surface area (TPSA) is 0 Å². The van der Waals surface area contributed by atoms with Gasteiger partial charge in [-0.1, -0.05) is 73.6 Å². The third-order valence-electron chi connectivity index (χ3n) is 2.66. The molecule has 0 radical (unpaired) electrons. The quantitative estimate of drug-likeness (QED) is 0.565. The van der Waals surface area contributed by atoms with Gasteiger partial charge in [0.1, 0.15) is 0 Å². The molecule has 0 amide bonds. The van der Waals surface area contributed by atoms with Crippen LogP contribution in [0.2, 0.25) is 0 Å². The van der Waals surface area contributed by atoms with Crippen LogP contribution >= 0.6 is 0 Å². The van der Waals surface area contributed by atoms with Gasteiger partial charge in [0.25, 0.3) is 0 Å². The Morgan fingerprint density at radius 1 is 0.706 bits per heavy atom. The second-order valence-corrected chi connectivity index (χ2v) is 4.37. The highest BCUT2D eigenvalue weighted by molar-refractivity contribution is 5.37. The van der Waals surface area contributed by atoms with Crippen molar-refractivity contribution in [2.45, 2.75) is 74.1 Å². The van der Waals surface area contributed by atoms with Crippen LogP contribution < -0.4 is 0 Å². The molecular formula is C17H32. The summed E-state index contributed by atoms with van der Waals surface area (Å²) in [5, 5.41) is 0. The Morgan fingerprint density at radius 3 is 1.24 bits per heavy atom. The lowest BCUT2D eigenvalue weighted by Crippen LogP contribution is -1.98. The average molecular weight is 236 g/mol. The Kier molecular flexibility index (Phi) is 11.3. The van der Waals surface area contributed by atoms with Crippen molar-refractivity contribution in [3.05, 3.63) is 34.9 Å². The summed E-state index contributed by atoms with van der Waals surface area (Å²) in [7, 11) is 0. The molecule has 1 aromatic carbocycles. The van der Waals surface area contributed by atoms with Crippen LogP contribution in [0.5, 0.6) is 0 Å². The highest BCUT2D eigenvalue weighted by Crippen LogP contribution is 2.26. The lowest BCUT2D eigenvalue weighted by molar-refractivity contribution is 0.817. The van der Waals surface area contributed by atoms with Crippen molar-refractivity contribution in [3.63, 3.8) is 0 Å². The lowest BCUT2D eigenvalue weighted by atomic mass is 9.90.